The summed E-state index contributed by atoms with van der Waals surface area (Å²) in [6, 6.07) is 5.03. The first kappa shape index (κ1) is 15.4. The van der Waals surface area contributed by atoms with Gasteiger partial charge in [0.25, 0.3) is 5.69 Å². The van der Waals surface area contributed by atoms with Crippen LogP contribution in [0.5, 0.6) is 0 Å². The summed E-state index contributed by atoms with van der Waals surface area (Å²) in [4.78, 5) is 10.6. The maximum absolute atomic E-state index is 10.9. The van der Waals surface area contributed by atoms with Gasteiger partial charge in [0.05, 0.1) is 17.6 Å². The molecule has 0 aliphatic rings. The number of nitro benzene ring substituents is 1. The summed E-state index contributed by atoms with van der Waals surface area (Å²) in [5.74, 6) is 0.573. The van der Waals surface area contributed by atoms with Gasteiger partial charge in [0.2, 0.25) is 0 Å². The first-order chi connectivity index (χ1) is 8.95. The molecule has 1 atom stereocenters. The molecule has 1 rings (SSSR count). The molecule has 1 N–H and O–H groups in total. The Labute approximate surface area is 114 Å². The lowest BCUT2D eigenvalue weighted by Gasteiger charge is -2.16. The van der Waals surface area contributed by atoms with Crippen LogP contribution in [0.1, 0.15) is 32.8 Å². The Morgan fingerprint density at radius 3 is 2.58 bits per heavy atom. The zero-order valence-electron chi connectivity index (χ0n) is 12.0. The molecule has 0 aliphatic heterocycles. The molecule has 0 spiro atoms. The van der Waals surface area contributed by atoms with Gasteiger partial charge in [-0.25, -0.2) is 0 Å². The van der Waals surface area contributed by atoms with Crippen molar-refractivity contribution in [1.82, 2.24) is 0 Å². The van der Waals surface area contributed by atoms with Gasteiger partial charge in [-0.15, -0.1) is 0 Å². The number of rotatable bonds is 7. The minimum Gasteiger partial charge on any atom is -0.382 e. The highest BCUT2D eigenvalue weighted by Crippen LogP contribution is 2.28. The molecule has 0 aromatic heterocycles. The highest BCUT2D eigenvalue weighted by Gasteiger charge is 2.16. The average molecular weight is 266 g/mol. The van der Waals surface area contributed by atoms with E-state index in [9.17, 15) is 10.1 Å². The summed E-state index contributed by atoms with van der Waals surface area (Å²) in [5.41, 5.74) is 1.43. The molecule has 19 heavy (non-hydrogen) atoms. The van der Waals surface area contributed by atoms with Crippen molar-refractivity contribution in [2.75, 3.05) is 12.4 Å². The monoisotopic (exact) mass is 266 g/mol. The topological polar surface area (TPSA) is 64.4 Å². The van der Waals surface area contributed by atoms with E-state index < -0.39 is 0 Å². The van der Waals surface area contributed by atoms with Crippen LogP contribution in [0.4, 0.5) is 11.4 Å². The van der Waals surface area contributed by atoms with Crippen LogP contribution in [0.25, 0.3) is 0 Å². The van der Waals surface area contributed by atoms with Crippen molar-refractivity contribution in [2.45, 2.75) is 39.9 Å². The molecule has 0 amide bonds. The number of hydrogen-bond acceptors (Lipinski definition) is 4. The van der Waals surface area contributed by atoms with E-state index in [2.05, 4.69) is 19.2 Å². The van der Waals surface area contributed by atoms with E-state index in [1.165, 1.54) is 6.07 Å². The van der Waals surface area contributed by atoms with E-state index in [0.717, 1.165) is 12.0 Å². The maximum Gasteiger partial charge on any atom is 0.292 e. The Morgan fingerprint density at radius 2 is 2.05 bits per heavy atom. The van der Waals surface area contributed by atoms with Crippen molar-refractivity contribution in [3.05, 3.63) is 33.9 Å². The molecule has 5 heteroatoms. The second-order valence-corrected chi connectivity index (χ2v) is 5.07. The van der Waals surface area contributed by atoms with Gasteiger partial charge in [0.15, 0.2) is 0 Å². The van der Waals surface area contributed by atoms with E-state index in [4.69, 9.17) is 4.74 Å². The predicted molar refractivity (Wildman–Crippen MR) is 76.3 cm³/mol. The summed E-state index contributed by atoms with van der Waals surface area (Å²) in [5, 5.41) is 13.8. The number of nitrogens with one attached hydrogen (secondary N) is 1. The number of para-hydroxylation sites is 1. The van der Waals surface area contributed by atoms with Crippen molar-refractivity contribution in [3.63, 3.8) is 0 Å². The zero-order chi connectivity index (χ0) is 14.4. The number of nitrogens with zero attached hydrogens (tertiary/aromatic N) is 1. The lowest BCUT2D eigenvalue weighted by Crippen LogP contribution is -2.12. The van der Waals surface area contributed by atoms with E-state index in [1.807, 2.05) is 13.0 Å². The quantitative estimate of drug-likeness (QED) is 0.605. The van der Waals surface area contributed by atoms with Crippen molar-refractivity contribution < 1.29 is 9.66 Å². The second-order valence-electron chi connectivity index (χ2n) is 5.07. The van der Waals surface area contributed by atoms with Crippen molar-refractivity contribution >= 4 is 11.4 Å². The molecule has 0 radical (unpaired) electrons. The van der Waals surface area contributed by atoms with Gasteiger partial charge in [-0.2, -0.15) is 0 Å². The van der Waals surface area contributed by atoms with E-state index >= 15 is 0 Å². The number of ether oxygens (including phenoxy) is 1. The lowest BCUT2D eigenvalue weighted by molar-refractivity contribution is -0.384. The molecule has 1 unspecified atom stereocenters. The van der Waals surface area contributed by atoms with Crippen LogP contribution in [0, 0.1) is 16.0 Å². The molecule has 1 aromatic rings. The SMILES string of the molecule is CNc1c(COC(C)CC(C)C)cccc1[N+](=O)[O-]. The van der Waals surface area contributed by atoms with Crippen LogP contribution in [0.15, 0.2) is 18.2 Å². The van der Waals surface area contributed by atoms with Crippen LogP contribution >= 0.6 is 0 Å². The Kier molecular flexibility index (Phi) is 5.76. The molecule has 0 fully saturated rings. The minimum absolute atomic E-state index is 0.0834. The van der Waals surface area contributed by atoms with Gasteiger partial charge < -0.3 is 10.1 Å². The lowest BCUT2D eigenvalue weighted by atomic mass is 10.1. The van der Waals surface area contributed by atoms with Crippen LogP contribution < -0.4 is 5.32 Å². The van der Waals surface area contributed by atoms with Crippen molar-refractivity contribution in [2.24, 2.45) is 5.92 Å². The Bertz CT molecular complexity index is 433. The first-order valence-electron chi connectivity index (χ1n) is 6.51. The smallest absolute Gasteiger partial charge is 0.292 e. The molecule has 0 aliphatic carbocycles. The normalized spacial score (nSPS) is 12.5. The largest absolute Gasteiger partial charge is 0.382 e. The fourth-order valence-electron chi connectivity index (χ4n) is 2.11. The van der Waals surface area contributed by atoms with Crippen LogP contribution in [-0.4, -0.2) is 18.1 Å². The molecule has 0 saturated heterocycles. The number of hydrogen-bond donors (Lipinski definition) is 1. The molecule has 0 heterocycles. The summed E-state index contributed by atoms with van der Waals surface area (Å²) in [6.45, 7) is 6.70. The Balaban J connectivity index is 2.78. The van der Waals surface area contributed by atoms with E-state index in [0.29, 0.717) is 18.2 Å². The number of anilines is 1. The van der Waals surface area contributed by atoms with Gasteiger partial charge in [-0.05, 0) is 19.3 Å². The van der Waals surface area contributed by atoms with E-state index in [-0.39, 0.29) is 16.7 Å². The predicted octanol–water partition coefficient (Wildman–Crippen LogP) is 3.59. The zero-order valence-corrected chi connectivity index (χ0v) is 12.0. The standard InChI is InChI=1S/C14H22N2O3/c1-10(2)8-11(3)19-9-12-6-5-7-13(16(17)18)14(12)15-4/h5-7,10-11,15H,8-9H2,1-4H3. The second kappa shape index (κ2) is 7.09. The molecule has 106 valence electrons. The third kappa shape index (κ3) is 4.52. The van der Waals surface area contributed by atoms with Gasteiger partial charge in [0.1, 0.15) is 5.69 Å². The molecule has 0 saturated carbocycles. The van der Waals surface area contributed by atoms with Crippen LogP contribution in [-0.2, 0) is 11.3 Å². The molecule has 1 aromatic carbocycles. The fourth-order valence-corrected chi connectivity index (χ4v) is 2.11. The number of benzene rings is 1. The maximum atomic E-state index is 10.9. The summed E-state index contributed by atoms with van der Waals surface area (Å²) in [7, 11) is 1.68. The molecule has 0 bridgehead atoms. The third-order valence-corrected chi connectivity index (χ3v) is 2.90. The third-order valence-electron chi connectivity index (χ3n) is 2.90. The van der Waals surface area contributed by atoms with Crippen molar-refractivity contribution in [3.8, 4) is 0 Å². The summed E-state index contributed by atoms with van der Waals surface area (Å²) in [6.07, 6.45) is 1.12. The minimum atomic E-state index is -0.382. The average Bonchev–Trinajstić information content (AvgIpc) is 2.34. The highest BCUT2D eigenvalue weighted by atomic mass is 16.6. The summed E-state index contributed by atoms with van der Waals surface area (Å²) >= 11 is 0. The Morgan fingerprint density at radius 1 is 1.37 bits per heavy atom. The number of nitro groups is 1. The summed E-state index contributed by atoms with van der Waals surface area (Å²) < 4.78 is 5.75. The first-order valence-corrected chi connectivity index (χ1v) is 6.51. The molecular weight excluding hydrogens is 244 g/mol. The van der Waals surface area contributed by atoms with Crippen LogP contribution in [0.2, 0.25) is 0 Å². The highest BCUT2D eigenvalue weighted by molar-refractivity contribution is 5.65. The molecule has 5 nitrogen and oxygen atoms in total. The molecular formula is C14H22N2O3. The van der Waals surface area contributed by atoms with Gasteiger partial charge >= 0.3 is 0 Å². The van der Waals surface area contributed by atoms with Gasteiger partial charge in [-0.1, -0.05) is 26.0 Å². The fraction of sp³-hybridized carbons (Fsp3) is 0.571. The Hall–Kier alpha value is -1.62. The van der Waals surface area contributed by atoms with Gasteiger partial charge in [-0.3, -0.25) is 10.1 Å². The van der Waals surface area contributed by atoms with Gasteiger partial charge in [0, 0.05) is 18.7 Å². The van der Waals surface area contributed by atoms with Crippen molar-refractivity contribution in [1.29, 1.82) is 0 Å². The van der Waals surface area contributed by atoms with Crippen LogP contribution in [0.3, 0.4) is 0 Å². The van der Waals surface area contributed by atoms with E-state index in [1.54, 1.807) is 13.1 Å².